The highest BCUT2D eigenvalue weighted by atomic mass is 32.3. The lowest BCUT2D eigenvalue weighted by Gasteiger charge is -2.29. The summed E-state index contributed by atoms with van der Waals surface area (Å²) >= 11 is 0. The van der Waals surface area contributed by atoms with Crippen molar-refractivity contribution in [3.63, 3.8) is 0 Å². The Morgan fingerprint density at radius 3 is 2.92 bits per heavy atom. The van der Waals surface area contributed by atoms with Gasteiger partial charge in [-0.25, -0.2) is 9.78 Å². The molecule has 2 unspecified atom stereocenters. The fraction of sp³-hybridized carbons (Fsp3) is 0.500. The average Bonchev–Trinajstić information content (AvgIpc) is 3.09. The Bertz CT molecular complexity index is 806. The minimum Gasteiger partial charge on any atom is -0.385 e. The van der Waals surface area contributed by atoms with Crippen molar-refractivity contribution in [3.05, 3.63) is 18.2 Å². The van der Waals surface area contributed by atoms with Gasteiger partial charge in [-0.15, -0.1) is 4.28 Å². The molecule has 13 heteroatoms. The van der Waals surface area contributed by atoms with Gasteiger partial charge >= 0.3 is 16.4 Å². The summed E-state index contributed by atoms with van der Waals surface area (Å²) in [6.07, 6.45) is 3.68. The molecule has 1 aromatic rings. The van der Waals surface area contributed by atoms with Gasteiger partial charge in [-0.2, -0.15) is 18.5 Å². The van der Waals surface area contributed by atoms with E-state index in [-0.39, 0.29) is 18.8 Å². The molecule has 0 spiro atoms. The van der Waals surface area contributed by atoms with Gasteiger partial charge in [0.05, 0.1) is 24.8 Å². The molecule has 2 atom stereocenters. The third kappa shape index (κ3) is 3.78. The van der Waals surface area contributed by atoms with Gasteiger partial charge in [-0.05, 0) is 12.8 Å². The number of nitrogens with zero attached hydrogens (tertiary/aromatic N) is 4. The second-order valence-electron chi connectivity index (χ2n) is 5.69. The number of nitrogens with two attached hydrogens (primary N) is 1. The Hall–Kier alpha value is -2.51. The lowest BCUT2D eigenvalue weighted by atomic mass is 10.0. The summed E-state index contributed by atoms with van der Waals surface area (Å²) in [5.41, 5.74) is 6.46. The van der Waals surface area contributed by atoms with Crippen LogP contribution in [0.5, 0.6) is 0 Å². The van der Waals surface area contributed by atoms with Gasteiger partial charge in [0.2, 0.25) is 0 Å². The molecule has 12 nitrogen and oxygen atoms in total. The summed E-state index contributed by atoms with van der Waals surface area (Å²) in [6.45, 7) is 0.157. The largest absolute Gasteiger partial charge is 0.418 e. The number of hydrogen-bond acceptors (Lipinski definition) is 6. The molecule has 0 radical (unpaired) electrons. The summed E-state index contributed by atoms with van der Waals surface area (Å²) in [5.74, 6) is -0.536. The van der Waals surface area contributed by atoms with E-state index in [4.69, 9.17) is 10.3 Å². The molecule has 0 saturated carbocycles. The Morgan fingerprint density at radius 2 is 2.28 bits per heavy atom. The van der Waals surface area contributed by atoms with Crippen LogP contribution >= 0.6 is 0 Å². The summed E-state index contributed by atoms with van der Waals surface area (Å²) in [5, 5.41) is 0.606. The zero-order valence-corrected chi connectivity index (χ0v) is 13.7. The fourth-order valence-electron chi connectivity index (χ4n) is 2.94. The molecule has 2 bridgehead atoms. The standard InChI is InChI=1S/C12H16N6O6S/c13-11(16-10(19)3-7-4-14-6-15-7)9-2-1-8-5-17(9)12(20)18(8)24-25(21,22)23/h4,6,8-9H,1-3,5H2,(H,14,15)(H2,13,16,19)(H,21,22,23). The first kappa shape index (κ1) is 17.3. The lowest BCUT2D eigenvalue weighted by Crippen LogP contribution is -2.48. The number of hydrogen-bond donors (Lipinski definition) is 3. The second kappa shape index (κ2) is 6.42. The average molecular weight is 372 g/mol. The van der Waals surface area contributed by atoms with Crippen LogP contribution in [-0.2, 0) is 25.9 Å². The molecule has 2 aliphatic heterocycles. The van der Waals surface area contributed by atoms with Crippen molar-refractivity contribution < 1.29 is 26.8 Å². The molecule has 4 N–H and O–H groups in total. The number of H-pyrrole nitrogens is 1. The van der Waals surface area contributed by atoms with Gasteiger partial charge < -0.3 is 15.6 Å². The van der Waals surface area contributed by atoms with E-state index in [1.54, 1.807) is 0 Å². The van der Waals surface area contributed by atoms with Crippen LogP contribution < -0.4 is 5.73 Å². The maximum Gasteiger partial charge on any atom is 0.418 e. The molecule has 1 aromatic heterocycles. The van der Waals surface area contributed by atoms with Crippen molar-refractivity contribution in [1.82, 2.24) is 19.9 Å². The number of urea groups is 1. The Balaban J connectivity index is 1.70. The minimum absolute atomic E-state index is 0.0119. The summed E-state index contributed by atoms with van der Waals surface area (Å²) in [4.78, 5) is 35.8. The third-order valence-corrected chi connectivity index (χ3v) is 4.34. The second-order valence-corrected chi connectivity index (χ2v) is 6.70. The first-order valence-electron chi connectivity index (χ1n) is 7.35. The zero-order valence-electron chi connectivity index (χ0n) is 12.9. The van der Waals surface area contributed by atoms with Crippen molar-refractivity contribution in [2.45, 2.75) is 31.3 Å². The summed E-state index contributed by atoms with van der Waals surface area (Å²) in [7, 11) is -4.81. The lowest BCUT2D eigenvalue weighted by molar-refractivity contribution is -0.117. The number of amidine groups is 1. The van der Waals surface area contributed by atoms with Crippen molar-refractivity contribution >= 4 is 28.2 Å². The number of carbonyl (C=O) groups is 2. The van der Waals surface area contributed by atoms with Gasteiger partial charge in [0.25, 0.3) is 5.91 Å². The van der Waals surface area contributed by atoms with Crippen LogP contribution in [0, 0.1) is 0 Å². The van der Waals surface area contributed by atoms with E-state index < -0.39 is 34.4 Å². The molecule has 2 aliphatic rings. The summed E-state index contributed by atoms with van der Waals surface area (Å²) in [6, 6.07) is -1.94. The van der Waals surface area contributed by atoms with E-state index in [0.29, 0.717) is 23.6 Å². The smallest absolute Gasteiger partial charge is 0.385 e. The quantitative estimate of drug-likeness (QED) is 0.330. The third-order valence-electron chi connectivity index (χ3n) is 3.99. The van der Waals surface area contributed by atoms with Crippen LogP contribution in [0.25, 0.3) is 0 Å². The molecular formula is C12H16N6O6S. The number of rotatable bonds is 5. The van der Waals surface area contributed by atoms with E-state index in [9.17, 15) is 18.0 Å². The molecule has 0 aliphatic carbocycles. The van der Waals surface area contributed by atoms with Crippen molar-refractivity contribution in [2.24, 2.45) is 10.7 Å². The predicted octanol–water partition coefficient (Wildman–Crippen LogP) is -1.16. The maximum absolute atomic E-state index is 12.3. The number of hydroxylamine groups is 2. The van der Waals surface area contributed by atoms with Crippen LogP contribution in [-0.4, -0.2) is 69.3 Å². The number of fused-ring (bicyclic) bond motifs is 2. The number of imidazole rings is 1. The zero-order chi connectivity index (χ0) is 18.2. The van der Waals surface area contributed by atoms with Gasteiger partial charge in [0.1, 0.15) is 5.84 Å². The molecule has 0 aromatic carbocycles. The molecule has 25 heavy (non-hydrogen) atoms. The molecule has 2 saturated heterocycles. The number of aromatic nitrogens is 2. The van der Waals surface area contributed by atoms with Crippen LogP contribution in [0.15, 0.2) is 17.5 Å². The van der Waals surface area contributed by atoms with E-state index in [2.05, 4.69) is 19.2 Å². The Kier molecular flexibility index (Phi) is 4.45. The molecule has 3 amide bonds. The van der Waals surface area contributed by atoms with E-state index in [1.165, 1.54) is 17.4 Å². The molecule has 3 rings (SSSR count). The number of nitrogens with one attached hydrogen (secondary N) is 1. The van der Waals surface area contributed by atoms with E-state index in [1.807, 2.05) is 0 Å². The van der Waals surface area contributed by atoms with Crippen LogP contribution in [0.1, 0.15) is 18.5 Å². The van der Waals surface area contributed by atoms with Gasteiger partial charge in [0.15, 0.2) is 0 Å². The van der Waals surface area contributed by atoms with Crippen LogP contribution in [0.4, 0.5) is 4.79 Å². The van der Waals surface area contributed by atoms with Crippen molar-refractivity contribution in [2.75, 3.05) is 6.54 Å². The fourth-order valence-corrected chi connectivity index (χ4v) is 3.33. The predicted molar refractivity (Wildman–Crippen MR) is 82.3 cm³/mol. The topological polar surface area (TPSA) is 171 Å². The minimum atomic E-state index is -4.81. The first-order chi connectivity index (χ1) is 11.7. The number of carbonyl (C=O) groups excluding carboxylic acids is 2. The van der Waals surface area contributed by atoms with Crippen LogP contribution in [0.3, 0.4) is 0 Å². The molecule has 136 valence electrons. The SMILES string of the molecule is NC(=NC(=O)Cc1cnc[nH]1)C1CCC2CN1C(=O)N2OS(=O)(=O)O. The van der Waals surface area contributed by atoms with E-state index >= 15 is 0 Å². The highest BCUT2D eigenvalue weighted by Crippen LogP contribution is 2.30. The Labute approximate surface area is 142 Å². The maximum atomic E-state index is 12.3. The Morgan fingerprint density at radius 1 is 1.52 bits per heavy atom. The van der Waals surface area contributed by atoms with Crippen molar-refractivity contribution in [3.8, 4) is 0 Å². The monoisotopic (exact) mass is 372 g/mol. The van der Waals surface area contributed by atoms with Gasteiger partial charge in [0, 0.05) is 18.4 Å². The molecular weight excluding hydrogens is 356 g/mol. The van der Waals surface area contributed by atoms with Gasteiger partial charge in [-0.1, -0.05) is 0 Å². The molecule has 2 fully saturated rings. The number of amides is 3. The number of piperidine rings is 1. The molecule has 3 heterocycles. The normalized spacial score (nSPS) is 24.0. The van der Waals surface area contributed by atoms with Crippen molar-refractivity contribution in [1.29, 1.82) is 0 Å². The highest BCUT2D eigenvalue weighted by Gasteiger charge is 2.48. The number of aliphatic imine (C=N–C) groups is 1. The summed E-state index contributed by atoms with van der Waals surface area (Å²) < 4.78 is 34.8. The first-order valence-corrected chi connectivity index (χ1v) is 8.72. The van der Waals surface area contributed by atoms with Gasteiger partial charge in [-0.3, -0.25) is 9.35 Å². The van der Waals surface area contributed by atoms with E-state index in [0.717, 1.165) is 0 Å². The highest BCUT2D eigenvalue weighted by molar-refractivity contribution is 7.80. The van der Waals surface area contributed by atoms with Crippen LogP contribution in [0.2, 0.25) is 0 Å². The number of aromatic amines is 1.